The molecule has 0 aromatic carbocycles. The Morgan fingerprint density at radius 1 is 1.38 bits per heavy atom. The molecule has 1 aliphatic heterocycles. The van der Waals surface area contributed by atoms with E-state index >= 15 is 0 Å². The molecule has 0 amide bonds. The lowest BCUT2D eigenvalue weighted by atomic mass is 10.2. The van der Waals surface area contributed by atoms with Crippen LogP contribution >= 0.6 is 0 Å². The summed E-state index contributed by atoms with van der Waals surface area (Å²) in [6, 6.07) is 0.498. The van der Waals surface area contributed by atoms with Crippen molar-refractivity contribution in [3.8, 4) is 0 Å². The zero-order chi connectivity index (χ0) is 9.10. The van der Waals surface area contributed by atoms with Crippen LogP contribution in [0.5, 0.6) is 0 Å². The van der Waals surface area contributed by atoms with Gasteiger partial charge in [0.25, 0.3) is 0 Å². The van der Waals surface area contributed by atoms with Crippen LogP contribution in [-0.2, 0) is 4.74 Å². The number of hydrogen-bond acceptors (Lipinski definition) is 4. The molecule has 0 aromatic rings. The van der Waals surface area contributed by atoms with E-state index in [0.29, 0.717) is 6.04 Å². The molecule has 0 radical (unpaired) electrons. The molecule has 1 aliphatic carbocycles. The minimum absolute atomic E-state index is 0.498. The monoisotopic (exact) mass is 185 g/mol. The fraction of sp³-hybridized carbons (Fsp3) is 1.00. The van der Waals surface area contributed by atoms with E-state index in [0.717, 1.165) is 38.8 Å². The largest absolute Gasteiger partial charge is 0.379 e. The molecule has 1 saturated carbocycles. The van der Waals surface area contributed by atoms with Crippen molar-refractivity contribution in [2.75, 3.05) is 32.8 Å². The number of hydrazine groups is 1. The lowest BCUT2D eigenvalue weighted by Crippen LogP contribution is -2.53. The van der Waals surface area contributed by atoms with Gasteiger partial charge in [-0.05, 0) is 18.8 Å². The van der Waals surface area contributed by atoms with Crippen molar-refractivity contribution in [1.82, 2.24) is 10.4 Å². The van der Waals surface area contributed by atoms with E-state index in [1.54, 1.807) is 0 Å². The fourth-order valence-corrected chi connectivity index (χ4v) is 1.78. The second-order valence-electron chi connectivity index (χ2n) is 3.91. The molecule has 3 N–H and O–H groups in total. The first kappa shape index (κ1) is 9.40. The van der Waals surface area contributed by atoms with Crippen LogP contribution in [0, 0.1) is 5.92 Å². The number of ether oxygens (including phenoxy) is 1. The number of nitrogens with zero attached hydrogens (tertiary/aromatic N) is 1. The number of morpholine rings is 1. The fourth-order valence-electron chi connectivity index (χ4n) is 1.78. The first-order chi connectivity index (χ1) is 6.40. The van der Waals surface area contributed by atoms with Crippen LogP contribution in [-0.4, -0.2) is 43.9 Å². The van der Waals surface area contributed by atoms with E-state index in [-0.39, 0.29) is 0 Å². The van der Waals surface area contributed by atoms with Gasteiger partial charge >= 0.3 is 0 Å². The molecule has 2 fully saturated rings. The lowest BCUT2D eigenvalue weighted by molar-refractivity contribution is 0.00244. The maximum absolute atomic E-state index is 5.71. The van der Waals surface area contributed by atoms with Gasteiger partial charge in [-0.3, -0.25) is 5.43 Å². The molecule has 2 aliphatic rings. The maximum Gasteiger partial charge on any atom is 0.0608 e. The molecule has 0 bridgehead atoms. The van der Waals surface area contributed by atoms with Gasteiger partial charge in [-0.2, -0.15) is 0 Å². The third-order valence-corrected chi connectivity index (χ3v) is 2.80. The smallest absolute Gasteiger partial charge is 0.0608 e. The third kappa shape index (κ3) is 2.64. The molecule has 4 heteroatoms. The van der Waals surface area contributed by atoms with Crippen molar-refractivity contribution in [1.29, 1.82) is 0 Å². The molecule has 13 heavy (non-hydrogen) atoms. The van der Waals surface area contributed by atoms with Crippen LogP contribution in [0.25, 0.3) is 0 Å². The average molecular weight is 185 g/mol. The zero-order valence-corrected chi connectivity index (χ0v) is 8.04. The summed E-state index contributed by atoms with van der Waals surface area (Å²) in [5, 5.41) is 2.25. The van der Waals surface area contributed by atoms with Crippen molar-refractivity contribution >= 4 is 0 Å². The molecule has 4 nitrogen and oxygen atoms in total. The first-order valence-corrected chi connectivity index (χ1v) is 5.19. The summed E-state index contributed by atoms with van der Waals surface area (Å²) in [6.45, 7) is 4.42. The van der Waals surface area contributed by atoms with E-state index < -0.39 is 0 Å². The summed E-state index contributed by atoms with van der Waals surface area (Å²) >= 11 is 0. The van der Waals surface area contributed by atoms with Gasteiger partial charge < -0.3 is 10.5 Å². The highest BCUT2D eigenvalue weighted by Gasteiger charge is 2.31. The minimum Gasteiger partial charge on any atom is -0.379 e. The molecule has 2 rings (SSSR count). The van der Waals surface area contributed by atoms with Gasteiger partial charge in [0.1, 0.15) is 0 Å². The number of hydrogen-bond donors (Lipinski definition) is 2. The van der Waals surface area contributed by atoms with Gasteiger partial charge in [-0.25, -0.2) is 5.01 Å². The molecular formula is C9H19N3O. The van der Waals surface area contributed by atoms with Gasteiger partial charge in [-0.15, -0.1) is 0 Å². The standard InChI is InChI=1S/C9H19N3O/c10-7-9(8-1-2-8)11-12-3-5-13-6-4-12/h8-9,11H,1-7,10H2. The molecule has 0 spiro atoms. The average Bonchev–Trinajstić information content (AvgIpc) is 2.99. The molecule has 1 heterocycles. The summed E-state index contributed by atoms with van der Waals surface area (Å²) in [6.07, 6.45) is 2.69. The highest BCUT2D eigenvalue weighted by molar-refractivity contribution is 4.86. The molecule has 76 valence electrons. The lowest BCUT2D eigenvalue weighted by Gasteiger charge is -2.31. The Kier molecular flexibility index (Phi) is 3.16. The molecular weight excluding hydrogens is 166 g/mol. The van der Waals surface area contributed by atoms with Gasteiger partial charge in [-0.1, -0.05) is 0 Å². The second kappa shape index (κ2) is 4.37. The van der Waals surface area contributed by atoms with Gasteiger partial charge in [0, 0.05) is 25.7 Å². The van der Waals surface area contributed by atoms with Crippen molar-refractivity contribution in [2.24, 2.45) is 11.7 Å². The number of nitrogens with one attached hydrogen (secondary N) is 1. The van der Waals surface area contributed by atoms with E-state index in [4.69, 9.17) is 10.5 Å². The van der Waals surface area contributed by atoms with Gasteiger partial charge in [0.2, 0.25) is 0 Å². The quantitative estimate of drug-likeness (QED) is 0.623. The number of nitrogens with two attached hydrogens (primary N) is 1. The second-order valence-corrected chi connectivity index (χ2v) is 3.91. The Balaban J connectivity index is 1.73. The van der Waals surface area contributed by atoms with Crippen molar-refractivity contribution in [2.45, 2.75) is 18.9 Å². The summed E-state index contributed by atoms with van der Waals surface area (Å²) < 4.78 is 5.28. The molecule has 0 aromatic heterocycles. The van der Waals surface area contributed by atoms with Crippen LogP contribution in [0.2, 0.25) is 0 Å². The van der Waals surface area contributed by atoms with Crippen LogP contribution < -0.4 is 11.2 Å². The predicted octanol–water partition coefficient (Wildman–Crippen LogP) is -0.440. The third-order valence-electron chi connectivity index (χ3n) is 2.80. The SMILES string of the molecule is NCC(NN1CCOCC1)C1CC1. The Morgan fingerprint density at radius 3 is 2.62 bits per heavy atom. The molecule has 1 saturated heterocycles. The van der Waals surface area contributed by atoms with Crippen LogP contribution in [0.4, 0.5) is 0 Å². The summed E-state index contributed by atoms with van der Waals surface area (Å²) in [5.41, 5.74) is 9.21. The highest BCUT2D eigenvalue weighted by atomic mass is 16.5. The van der Waals surface area contributed by atoms with Crippen LogP contribution in [0.15, 0.2) is 0 Å². The Labute approximate surface area is 79.4 Å². The van der Waals surface area contributed by atoms with Crippen molar-refractivity contribution in [3.05, 3.63) is 0 Å². The summed E-state index contributed by atoms with van der Waals surface area (Å²) in [4.78, 5) is 0. The van der Waals surface area contributed by atoms with E-state index in [9.17, 15) is 0 Å². The van der Waals surface area contributed by atoms with Crippen LogP contribution in [0.3, 0.4) is 0 Å². The topological polar surface area (TPSA) is 50.5 Å². The van der Waals surface area contributed by atoms with Crippen molar-refractivity contribution in [3.63, 3.8) is 0 Å². The summed E-state index contributed by atoms with van der Waals surface area (Å²) in [5.74, 6) is 0.827. The van der Waals surface area contributed by atoms with Crippen molar-refractivity contribution < 1.29 is 4.74 Å². The number of rotatable bonds is 4. The Hall–Kier alpha value is -0.160. The normalized spacial score (nSPS) is 27.5. The Bertz CT molecular complexity index is 155. The Morgan fingerprint density at radius 2 is 2.08 bits per heavy atom. The van der Waals surface area contributed by atoms with E-state index in [2.05, 4.69) is 10.4 Å². The van der Waals surface area contributed by atoms with Gasteiger partial charge in [0.15, 0.2) is 0 Å². The first-order valence-electron chi connectivity index (χ1n) is 5.19. The predicted molar refractivity (Wildman–Crippen MR) is 51.1 cm³/mol. The van der Waals surface area contributed by atoms with Crippen LogP contribution in [0.1, 0.15) is 12.8 Å². The van der Waals surface area contributed by atoms with E-state index in [1.807, 2.05) is 0 Å². The molecule has 1 atom stereocenters. The van der Waals surface area contributed by atoms with E-state index in [1.165, 1.54) is 12.8 Å². The highest BCUT2D eigenvalue weighted by Crippen LogP contribution is 2.32. The van der Waals surface area contributed by atoms with Gasteiger partial charge in [0.05, 0.1) is 13.2 Å². The minimum atomic E-state index is 0.498. The molecule has 1 unspecified atom stereocenters. The maximum atomic E-state index is 5.71. The zero-order valence-electron chi connectivity index (χ0n) is 8.04. The summed E-state index contributed by atoms with van der Waals surface area (Å²) in [7, 11) is 0.